The summed E-state index contributed by atoms with van der Waals surface area (Å²) >= 11 is 1.79. The second kappa shape index (κ2) is 6.67. The summed E-state index contributed by atoms with van der Waals surface area (Å²) in [6.07, 6.45) is 1.14. The Hall–Kier alpha value is -1.25. The summed E-state index contributed by atoms with van der Waals surface area (Å²) < 4.78 is 0. The summed E-state index contributed by atoms with van der Waals surface area (Å²) in [5.74, 6) is 0.704. The average Bonchev–Trinajstić information content (AvgIpc) is 2.40. The first kappa shape index (κ1) is 16.1. The molecule has 2 heteroatoms. The minimum Gasteiger partial charge on any atom is -0.322 e. The van der Waals surface area contributed by atoms with Crippen molar-refractivity contribution in [2.24, 2.45) is 11.7 Å². The minimum absolute atomic E-state index is 0.276. The summed E-state index contributed by atoms with van der Waals surface area (Å²) in [6.45, 7) is 8.57. The lowest BCUT2D eigenvalue weighted by Gasteiger charge is -2.19. The molecule has 2 aromatic carbocycles. The first-order chi connectivity index (χ1) is 9.84. The first-order valence-corrected chi connectivity index (χ1v) is 8.32. The van der Waals surface area contributed by atoms with Gasteiger partial charge in [0, 0.05) is 15.3 Å². The van der Waals surface area contributed by atoms with E-state index in [-0.39, 0.29) is 5.54 Å². The first-order valence-electron chi connectivity index (χ1n) is 7.51. The molecule has 0 radical (unpaired) electrons. The molecule has 0 fully saturated rings. The standard InChI is InChI=1S/C19H25NS/c1-14(2)13-15-5-9-17(10-6-15)21-18-11-7-16(8-12-18)19(3,4)20/h5-12,14H,13,20H2,1-4H3. The van der Waals surface area contributed by atoms with Gasteiger partial charge in [-0.05, 0) is 61.6 Å². The zero-order chi connectivity index (χ0) is 15.5. The summed E-state index contributed by atoms with van der Waals surface area (Å²) in [5.41, 5.74) is 8.41. The van der Waals surface area contributed by atoms with Crippen molar-refractivity contribution in [1.82, 2.24) is 0 Å². The highest BCUT2D eigenvalue weighted by atomic mass is 32.2. The maximum Gasteiger partial charge on any atom is 0.0352 e. The lowest BCUT2D eigenvalue weighted by Crippen LogP contribution is -2.28. The van der Waals surface area contributed by atoms with Gasteiger partial charge in [0.15, 0.2) is 0 Å². The van der Waals surface area contributed by atoms with Gasteiger partial charge in [-0.25, -0.2) is 0 Å². The van der Waals surface area contributed by atoms with E-state index in [1.165, 1.54) is 20.9 Å². The summed E-state index contributed by atoms with van der Waals surface area (Å²) in [6, 6.07) is 17.4. The fourth-order valence-corrected chi connectivity index (χ4v) is 3.07. The molecule has 0 atom stereocenters. The van der Waals surface area contributed by atoms with Crippen LogP contribution in [0.2, 0.25) is 0 Å². The van der Waals surface area contributed by atoms with Gasteiger partial charge in [-0.15, -0.1) is 0 Å². The average molecular weight is 299 g/mol. The van der Waals surface area contributed by atoms with Crippen molar-refractivity contribution in [3.8, 4) is 0 Å². The topological polar surface area (TPSA) is 26.0 Å². The Morgan fingerprint density at radius 3 is 1.81 bits per heavy atom. The van der Waals surface area contributed by atoms with Crippen LogP contribution in [0.1, 0.15) is 38.8 Å². The van der Waals surface area contributed by atoms with Crippen molar-refractivity contribution in [2.75, 3.05) is 0 Å². The number of hydrogen-bond donors (Lipinski definition) is 1. The molecule has 0 saturated heterocycles. The van der Waals surface area contributed by atoms with E-state index in [1.54, 1.807) is 11.8 Å². The Morgan fingerprint density at radius 2 is 1.38 bits per heavy atom. The third kappa shape index (κ3) is 4.90. The molecule has 0 spiro atoms. The monoisotopic (exact) mass is 299 g/mol. The molecule has 0 heterocycles. The normalized spacial score (nSPS) is 11.9. The lowest BCUT2D eigenvalue weighted by atomic mass is 9.96. The van der Waals surface area contributed by atoms with Crippen molar-refractivity contribution in [3.63, 3.8) is 0 Å². The zero-order valence-corrected chi connectivity index (χ0v) is 14.2. The van der Waals surface area contributed by atoms with Gasteiger partial charge >= 0.3 is 0 Å². The molecule has 21 heavy (non-hydrogen) atoms. The van der Waals surface area contributed by atoms with E-state index in [0.717, 1.165) is 6.42 Å². The van der Waals surface area contributed by atoms with E-state index in [9.17, 15) is 0 Å². The molecule has 0 aliphatic rings. The Bertz CT molecular complexity index is 562. The van der Waals surface area contributed by atoms with Crippen molar-refractivity contribution < 1.29 is 0 Å². The molecular weight excluding hydrogens is 274 g/mol. The predicted octanol–water partition coefficient (Wildman–Crippen LogP) is 5.23. The smallest absolute Gasteiger partial charge is 0.0352 e. The predicted molar refractivity (Wildman–Crippen MR) is 92.8 cm³/mol. The molecule has 1 nitrogen and oxygen atoms in total. The highest BCUT2D eigenvalue weighted by Crippen LogP contribution is 2.29. The van der Waals surface area contributed by atoms with Gasteiger partial charge in [-0.3, -0.25) is 0 Å². The number of rotatable bonds is 5. The van der Waals surface area contributed by atoms with Gasteiger partial charge in [-0.2, -0.15) is 0 Å². The second-order valence-corrected chi connectivity index (χ2v) is 7.74. The maximum atomic E-state index is 6.11. The van der Waals surface area contributed by atoms with Gasteiger partial charge < -0.3 is 5.73 Å². The van der Waals surface area contributed by atoms with E-state index in [4.69, 9.17) is 5.73 Å². The summed E-state index contributed by atoms with van der Waals surface area (Å²) in [7, 11) is 0. The Kier molecular flexibility index (Phi) is 5.13. The Morgan fingerprint density at radius 1 is 0.905 bits per heavy atom. The molecular formula is C19H25NS. The molecule has 2 N–H and O–H groups in total. The fourth-order valence-electron chi connectivity index (χ4n) is 2.25. The molecule has 0 bridgehead atoms. The van der Waals surface area contributed by atoms with Crippen LogP contribution in [0.15, 0.2) is 58.3 Å². The van der Waals surface area contributed by atoms with Crippen LogP contribution in [0, 0.1) is 5.92 Å². The quantitative estimate of drug-likeness (QED) is 0.818. The molecule has 0 saturated carbocycles. The number of nitrogens with two attached hydrogens (primary N) is 1. The van der Waals surface area contributed by atoms with E-state index in [0.29, 0.717) is 5.92 Å². The van der Waals surface area contributed by atoms with E-state index >= 15 is 0 Å². The van der Waals surface area contributed by atoms with Crippen molar-refractivity contribution in [3.05, 3.63) is 59.7 Å². The lowest BCUT2D eigenvalue weighted by molar-refractivity contribution is 0.554. The molecule has 112 valence electrons. The van der Waals surface area contributed by atoms with Crippen LogP contribution >= 0.6 is 11.8 Å². The third-order valence-corrected chi connectivity index (χ3v) is 4.42. The maximum absolute atomic E-state index is 6.11. The van der Waals surface area contributed by atoms with Crippen LogP contribution in [-0.4, -0.2) is 0 Å². The van der Waals surface area contributed by atoms with E-state index in [2.05, 4.69) is 62.4 Å². The Balaban J connectivity index is 2.04. The van der Waals surface area contributed by atoms with Crippen LogP contribution in [-0.2, 0) is 12.0 Å². The minimum atomic E-state index is -0.276. The number of hydrogen-bond acceptors (Lipinski definition) is 2. The molecule has 2 rings (SSSR count). The van der Waals surface area contributed by atoms with Gasteiger partial charge in [0.25, 0.3) is 0 Å². The van der Waals surface area contributed by atoms with Crippen LogP contribution in [0.3, 0.4) is 0 Å². The van der Waals surface area contributed by atoms with Crippen LogP contribution in [0.5, 0.6) is 0 Å². The van der Waals surface area contributed by atoms with Crippen LogP contribution in [0.25, 0.3) is 0 Å². The van der Waals surface area contributed by atoms with Crippen molar-refractivity contribution in [2.45, 2.75) is 49.4 Å². The molecule has 0 aromatic heterocycles. The largest absolute Gasteiger partial charge is 0.322 e. The molecule has 0 amide bonds. The van der Waals surface area contributed by atoms with Crippen LogP contribution in [0.4, 0.5) is 0 Å². The van der Waals surface area contributed by atoms with Gasteiger partial charge in [0.2, 0.25) is 0 Å². The van der Waals surface area contributed by atoms with Crippen molar-refractivity contribution >= 4 is 11.8 Å². The highest BCUT2D eigenvalue weighted by molar-refractivity contribution is 7.99. The molecule has 0 unspecified atom stereocenters. The molecule has 0 aliphatic carbocycles. The summed E-state index contributed by atoms with van der Waals surface area (Å²) in [4.78, 5) is 2.53. The number of benzene rings is 2. The third-order valence-electron chi connectivity index (χ3n) is 3.40. The fraction of sp³-hybridized carbons (Fsp3) is 0.368. The SMILES string of the molecule is CC(C)Cc1ccc(Sc2ccc(C(C)(C)N)cc2)cc1. The van der Waals surface area contributed by atoms with Gasteiger partial charge in [0.05, 0.1) is 0 Å². The highest BCUT2D eigenvalue weighted by Gasteiger charge is 2.13. The van der Waals surface area contributed by atoms with Crippen LogP contribution < -0.4 is 5.73 Å². The van der Waals surface area contributed by atoms with Gasteiger partial charge in [0.1, 0.15) is 0 Å². The molecule has 2 aromatic rings. The van der Waals surface area contributed by atoms with E-state index in [1.807, 2.05) is 13.8 Å². The Labute approximate surface area is 133 Å². The zero-order valence-electron chi connectivity index (χ0n) is 13.4. The summed E-state index contributed by atoms with van der Waals surface area (Å²) in [5, 5.41) is 0. The second-order valence-electron chi connectivity index (χ2n) is 6.59. The molecule has 0 aliphatic heterocycles. The van der Waals surface area contributed by atoms with E-state index < -0.39 is 0 Å². The van der Waals surface area contributed by atoms with Gasteiger partial charge in [-0.1, -0.05) is 49.9 Å². The van der Waals surface area contributed by atoms with Crippen molar-refractivity contribution in [1.29, 1.82) is 0 Å².